The first-order valence-corrected chi connectivity index (χ1v) is 7.07. The molecule has 1 amide bonds. The van der Waals surface area contributed by atoms with Crippen LogP contribution in [0.5, 0.6) is 0 Å². The van der Waals surface area contributed by atoms with Crippen LogP contribution in [0.1, 0.15) is 22.4 Å². The lowest BCUT2D eigenvalue weighted by Crippen LogP contribution is -2.54. The van der Waals surface area contributed by atoms with Crippen molar-refractivity contribution in [2.45, 2.75) is 31.1 Å². The first-order chi connectivity index (χ1) is 11.2. The lowest BCUT2D eigenvalue weighted by molar-refractivity contribution is -0.123. The monoisotopic (exact) mass is 338 g/mol. The number of carbonyl (C=O) groups is 1. The third kappa shape index (κ3) is 2.22. The summed E-state index contributed by atoms with van der Waals surface area (Å²) in [6.07, 6.45) is -2.94. The number of rotatable bonds is 3. The topological polar surface area (TPSA) is 196 Å². The van der Waals surface area contributed by atoms with E-state index in [2.05, 4.69) is 9.97 Å². The van der Waals surface area contributed by atoms with E-state index in [9.17, 15) is 20.1 Å². The Morgan fingerprint density at radius 3 is 2.67 bits per heavy atom. The van der Waals surface area contributed by atoms with E-state index < -0.39 is 36.7 Å². The van der Waals surface area contributed by atoms with Gasteiger partial charge in [-0.3, -0.25) is 10.5 Å². The van der Waals surface area contributed by atoms with Crippen LogP contribution in [0.25, 0.3) is 11.0 Å². The van der Waals surface area contributed by atoms with Crippen LogP contribution in [0.3, 0.4) is 0 Å². The molecule has 0 unspecified atom stereocenters. The number of aliphatic hydroxyl groups is 3. The van der Waals surface area contributed by atoms with Gasteiger partial charge >= 0.3 is 0 Å². The maximum Gasteiger partial charge on any atom is 0.251 e. The number of amides is 1. The molecule has 0 radical (unpaired) electrons. The average molecular weight is 338 g/mol. The van der Waals surface area contributed by atoms with Crippen LogP contribution in [-0.2, 0) is 4.74 Å². The normalized spacial score (nSPS) is 30.1. The number of carbonyl (C=O) groups excluding carboxylic acids is 1. The van der Waals surface area contributed by atoms with E-state index in [1.807, 2.05) is 0 Å². The fraction of sp³-hybridized carbons (Fsp3) is 0.462. The third-order valence-corrected chi connectivity index (χ3v) is 4.06. The summed E-state index contributed by atoms with van der Waals surface area (Å²) in [5.41, 5.74) is 15.3. The van der Waals surface area contributed by atoms with Gasteiger partial charge in [0.1, 0.15) is 29.5 Å². The second-order valence-corrected chi connectivity index (χ2v) is 5.73. The van der Waals surface area contributed by atoms with Crippen molar-refractivity contribution in [3.8, 4) is 0 Å². The molecule has 130 valence electrons. The van der Waals surface area contributed by atoms with Crippen molar-refractivity contribution in [1.82, 2.24) is 14.5 Å². The molecule has 0 aromatic carbocycles. The van der Waals surface area contributed by atoms with Crippen molar-refractivity contribution in [2.24, 2.45) is 11.5 Å². The summed E-state index contributed by atoms with van der Waals surface area (Å²) in [6.45, 7) is 0.874. The fourth-order valence-electron chi connectivity index (χ4n) is 2.83. The van der Waals surface area contributed by atoms with Crippen LogP contribution in [-0.4, -0.2) is 60.3 Å². The SMILES string of the molecule is Cc1nc(N)c2c(C(N)=O)cn([C@@H]3O[C@](N)(CO)[C@@H](O)[C@H]3O)c2n1. The highest BCUT2D eigenvalue weighted by Gasteiger charge is 2.53. The zero-order chi connectivity index (χ0) is 17.8. The minimum atomic E-state index is -1.86. The van der Waals surface area contributed by atoms with E-state index in [1.165, 1.54) is 10.8 Å². The molecular weight excluding hydrogens is 320 g/mol. The Bertz CT molecular complexity index is 823. The van der Waals surface area contributed by atoms with Crippen LogP contribution in [0.4, 0.5) is 5.82 Å². The van der Waals surface area contributed by atoms with Gasteiger partial charge in [0, 0.05) is 6.20 Å². The predicted molar refractivity (Wildman–Crippen MR) is 81.3 cm³/mol. The summed E-state index contributed by atoms with van der Waals surface area (Å²) < 4.78 is 6.72. The number of nitrogen functional groups attached to an aromatic ring is 1. The molecule has 2 aromatic heterocycles. The van der Waals surface area contributed by atoms with Crippen LogP contribution in [0.2, 0.25) is 0 Å². The molecule has 11 nitrogen and oxygen atoms in total. The summed E-state index contributed by atoms with van der Waals surface area (Å²) in [6, 6.07) is 0. The Hall–Kier alpha value is -2.31. The average Bonchev–Trinajstić information content (AvgIpc) is 2.99. The maximum absolute atomic E-state index is 11.7. The highest BCUT2D eigenvalue weighted by Crippen LogP contribution is 2.37. The molecule has 1 saturated heterocycles. The highest BCUT2D eigenvalue weighted by molar-refractivity contribution is 6.08. The van der Waals surface area contributed by atoms with E-state index in [-0.39, 0.29) is 22.4 Å². The number of hydrogen-bond acceptors (Lipinski definition) is 9. The van der Waals surface area contributed by atoms with Crippen molar-refractivity contribution < 1.29 is 24.9 Å². The van der Waals surface area contributed by atoms with Gasteiger partial charge in [0.2, 0.25) is 0 Å². The minimum absolute atomic E-state index is 0.0336. The van der Waals surface area contributed by atoms with E-state index in [0.29, 0.717) is 5.82 Å². The van der Waals surface area contributed by atoms with Gasteiger partial charge in [-0.1, -0.05) is 0 Å². The van der Waals surface area contributed by atoms with Gasteiger partial charge in [-0.15, -0.1) is 0 Å². The minimum Gasteiger partial charge on any atom is -0.392 e. The van der Waals surface area contributed by atoms with E-state index in [1.54, 1.807) is 6.92 Å². The number of fused-ring (bicyclic) bond motifs is 1. The smallest absolute Gasteiger partial charge is 0.251 e. The highest BCUT2D eigenvalue weighted by atomic mass is 16.6. The lowest BCUT2D eigenvalue weighted by Gasteiger charge is -2.24. The van der Waals surface area contributed by atoms with Crippen molar-refractivity contribution in [3.05, 3.63) is 17.6 Å². The zero-order valence-corrected chi connectivity index (χ0v) is 12.7. The van der Waals surface area contributed by atoms with E-state index in [4.69, 9.17) is 21.9 Å². The molecule has 24 heavy (non-hydrogen) atoms. The summed E-state index contributed by atoms with van der Waals surface area (Å²) in [5.74, 6) is -0.407. The molecule has 3 rings (SSSR count). The van der Waals surface area contributed by atoms with E-state index >= 15 is 0 Å². The maximum atomic E-state index is 11.7. The Kier molecular flexibility index (Phi) is 3.69. The molecule has 0 saturated carbocycles. The fourth-order valence-corrected chi connectivity index (χ4v) is 2.83. The molecule has 0 spiro atoms. The Labute approximate surface area is 135 Å². The second kappa shape index (κ2) is 5.36. The number of ether oxygens (including phenoxy) is 1. The molecule has 9 N–H and O–H groups in total. The van der Waals surface area contributed by atoms with Crippen molar-refractivity contribution in [3.63, 3.8) is 0 Å². The number of aryl methyl sites for hydroxylation is 1. The number of hydrogen-bond donors (Lipinski definition) is 6. The Morgan fingerprint density at radius 2 is 2.12 bits per heavy atom. The molecule has 2 aromatic rings. The third-order valence-electron chi connectivity index (χ3n) is 4.06. The number of aliphatic hydroxyl groups excluding tert-OH is 3. The molecular formula is C13H18N6O5. The van der Waals surface area contributed by atoms with Crippen LogP contribution < -0.4 is 17.2 Å². The summed E-state index contributed by atoms with van der Waals surface area (Å²) >= 11 is 0. The number of anilines is 1. The van der Waals surface area contributed by atoms with Gasteiger partial charge in [0.15, 0.2) is 12.0 Å². The largest absolute Gasteiger partial charge is 0.392 e. The number of nitrogens with zero attached hydrogens (tertiary/aromatic N) is 3. The molecule has 1 fully saturated rings. The second-order valence-electron chi connectivity index (χ2n) is 5.73. The van der Waals surface area contributed by atoms with E-state index in [0.717, 1.165) is 0 Å². The first-order valence-electron chi connectivity index (χ1n) is 7.07. The number of aromatic nitrogens is 3. The summed E-state index contributed by atoms with van der Waals surface area (Å²) in [4.78, 5) is 19.9. The van der Waals surface area contributed by atoms with Gasteiger partial charge in [-0.2, -0.15) is 0 Å². The molecule has 1 aliphatic heterocycles. The summed E-state index contributed by atoms with van der Waals surface area (Å²) in [7, 11) is 0. The lowest BCUT2D eigenvalue weighted by atomic mass is 10.1. The molecule has 0 aliphatic carbocycles. The standard InChI is InChI=1S/C13H18N6O5/c1-4-17-9(14)6-5(10(15)23)2-19(11(6)18-4)12-7(21)8(22)13(16,3-20)24-12/h2,7-8,12,20-22H,3,16H2,1H3,(H2,15,23)(H2,14,17,18)/t7-,8+,12-,13-/m1/s1. The van der Waals surface area contributed by atoms with Crippen molar-refractivity contribution in [1.29, 1.82) is 0 Å². The molecule has 3 heterocycles. The molecule has 11 heteroatoms. The molecule has 0 bridgehead atoms. The molecule has 1 aliphatic rings. The quantitative estimate of drug-likeness (QED) is 0.345. The van der Waals surface area contributed by atoms with Gasteiger partial charge in [-0.05, 0) is 6.92 Å². The van der Waals surface area contributed by atoms with Gasteiger partial charge in [0.25, 0.3) is 5.91 Å². The van der Waals surface area contributed by atoms with Gasteiger partial charge in [-0.25, -0.2) is 9.97 Å². The first kappa shape index (κ1) is 16.5. The van der Waals surface area contributed by atoms with Crippen LogP contribution in [0.15, 0.2) is 6.20 Å². The van der Waals surface area contributed by atoms with Crippen molar-refractivity contribution >= 4 is 22.8 Å². The van der Waals surface area contributed by atoms with Crippen LogP contribution in [0, 0.1) is 6.92 Å². The van der Waals surface area contributed by atoms with Gasteiger partial charge in [0.05, 0.1) is 17.6 Å². The van der Waals surface area contributed by atoms with Crippen molar-refractivity contribution in [2.75, 3.05) is 12.3 Å². The van der Waals surface area contributed by atoms with Gasteiger partial charge < -0.3 is 36.1 Å². The molecule has 4 atom stereocenters. The number of primary amides is 1. The predicted octanol–water partition coefficient (Wildman–Crippen LogP) is -2.68. The Morgan fingerprint density at radius 1 is 1.46 bits per heavy atom. The summed E-state index contributed by atoms with van der Waals surface area (Å²) in [5, 5.41) is 29.8. The van der Waals surface area contributed by atoms with Crippen LogP contribution >= 0.6 is 0 Å². The zero-order valence-electron chi connectivity index (χ0n) is 12.7. The Balaban J connectivity index is 2.22. The number of nitrogens with two attached hydrogens (primary N) is 3.